The minimum Gasteiger partial charge on any atom is -0.354 e. The third-order valence-corrected chi connectivity index (χ3v) is 4.08. The molecule has 0 aliphatic carbocycles. The van der Waals surface area contributed by atoms with Gasteiger partial charge in [0.2, 0.25) is 5.91 Å². The lowest BCUT2D eigenvalue weighted by Crippen LogP contribution is -2.50. The highest BCUT2D eigenvalue weighted by Crippen LogP contribution is 2.12. The largest absolute Gasteiger partial charge is 0.354 e. The van der Waals surface area contributed by atoms with Crippen LogP contribution in [0.5, 0.6) is 0 Å². The Bertz CT molecular complexity index is 529. The van der Waals surface area contributed by atoms with E-state index in [1.165, 1.54) is 0 Å². The molecule has 2 rings (SSSR count). The fourth-order valence-corrected chi connectivity index (χ4v) is 2.53. The first-order chi connectivity index (χ1) is 10.9. The van der Waals surface area contributed by atoms with Gasteiger partial charge in [-0.15, -0.1) is 0 Å². The summed E-state index contributed by atoms with van der Waals surface area (Å²) in [6.45, 7) is 10.4. The van der Waals surface area contributed by atoms with Crippen LogP contribution in [0.3, 0.4) is 0 Å². The summed E-state index contributed by atoms with van der Waals surface area (Å²) in [7, 11) is 0. The van der Waals surface area contributed by atoms with Crippen LogP contribution < -0.4 is 5.32 Å². The fraction of sp³-hybridized carbons (Fsp3) is 0.556. The van der Waals surface area contributed by atoms with Gasteiger partial charge >= 0.3 is 0 Å². The quantitative estimate of drug-likeness (QED) is 0.918. The van der Waals surface area contributed by atoms with Crippen molar-refractivity contribution in [3.63, 3.8) is 0 Å². The molecule has 0 radical (unpaired) electrons. The zero-order chi connectivity index (χ0) is 16.9. The topological polar surface area (TPSA) is 52.7 Å². The molecule has 1 aromatic carbocycles. The van der Waals surface area contributed by atoms with Crippen LogP contribution >= 0.6 is 0 Å². The molecule has 23 heavy (non-hydrogen) atoms. The van der Waals surface area contributed by atoms with Crippen molar-refractivity contribution < 1.29 is 9.59 Å². The molecule has 0 aromatic heterocycles. The van der Waals surface area contributed by atoms with Crippen LogP contribution in [0.2, 0.25) is 0 Å². The number of carbonyl (C=O) groups excluding carboxylic acids is 2. The van der Waals surface area contributed by atoms with Gasteiger partial charge < -0.3 is 10.2 Å². The molecule has 1 aliphatic rings. The maximum absolute atomic E-state index is 12.4. The van der Waals surface area contributed by atoms with Gasteiger partial charge in [0, 0.05) is 50.2 Å². The molecule has 0 spiro atoms. The van der Waals surface area contributed by atoms with Gasteiger partial charge in [-0.2, -0.15) is 0 Å². The van der Waals surface area contributed by atoms with E-state index in [9.17, 15) is 9.59 Å². The highest BCUT2D eigenvalue weighted by molar-refractivity contribution is 5.94. The number of hydrogen-bond acceptors (Lipinski definition) is 3. The average Bonchev–Trinajstić information content (AvgIpc) is 2.54. The highest BCUT2D eigenvalue weighted by atomic mass is 16.2. The maximum Gasteiger partial charge on any atom is 0.253 e. The summed E-state index contributed by atoms with van der Waals surface area (Å²) in [6, 6.07) is 9.41. The number of nitrogens with zero attached hydrogens (tertiary/aromatic N) is 2. The predicted molar refractivity (Wildman–Crippen MR) is 91.3 cm³/mol. The lowest BCUT2D eigenvalue weighted by atomic mass is 9.96. The third-order valence-electron chi connectivity index (χ3n) is 4.08. The number of rotatable bonds is 4. The SMILES string of the molecule is CC(C)(C)C(=O)NCCN1CCN(C(=O)c2ccccc2)CC1. The molecule has 0 atom stereocenters. The second-order valence-electron chi connectivity index (χ2n) is 7.01. The van der Waals surface area contributed by atoms with Gasteiger partial charge in [0.1, 0.15) is 0 Å². The van der Waals surface area contributed by atoms with Gasteiger partial charge in [0.15, 0.2) is 0 Å². The van der Waals surface area contributed by atoms with E-state index in [-0.39, 0.29) is 17.2 Å². The smallest absolute Gasteiger partial charge is 0.253 e. The van der Waals surface area contributed by atoms with Crippen LogP contribution in [-0.4, -0.2) is 60.9 Å². The summed E-state index contributed by atoms with van der Waals surface area (Å²) >= 11 is 0. The van der Waals surface area contributed by atoms with Crippen molar-refractivity contribution in [2.45, 2.75) is 20.8 Å². The van der Waals surface area contributed by atoms with Crippen molar-refractivity contribution in [3.05, 3.63) is 35.9 Å². The van der Waals surface area contributed by atoms with Crippen molar-refractivity contribution in [1.82, 2.24) is 15.1 Å². The molecule has 2 amide bonds. The Kier molecular flexibility index (Phi) is 5.77. The summed E-state index contributed by atoms with van der Waals surface area (Å²) in [4.78, 5) is 28.4. The summed E-state index contributed by atoms with van der Waals surface area (Å²) in [6.07, 6.45) is 0. The standard InChI is InChI=1S/C18H27N3O2/c1-18(2,3)17(23)19-9-10-20-11-13-21(14-12-20)16(22)15-7-5-4-6-8-15/h4-8H,9-14H2,1-3H3,(H,19,23). The lowest BCUT2D eigenvalue weighted by Gasteiger charge is -2.35. The van der Waals surface area contributed by atoms with E-state index in [1.807, 2.05) is 56.0 Å². The van der Waals surface area contributed by atoms with E-state index in [4.69, 9.17) is 0 Å². The molecular formula is C18H27N3O2. The van der Waals surface area contributed by atoms with E-state index in [0.717, 1.165) is 38.3 Å². The van der Waals surface area contributed by atoms with Gasteiger partial charge in [-0.25, -0.2) is 0 Å². The Labute approximate surface area is 138 Å². The van der Waals surface area contributed by atoms with E-state index >= 15 is 0 Å². The first kappa shape index (κ1) is 17.5. The Morgan fingerprint density at radius 1 is 1.04 bits per heavy atom. The predicted octanol–water partition coefficient (Wildman–Crippen LogP) is 1.61. The molecule has 126 valence electrons. The normalized spacial score (nSPS) is 16.2. The molecule has 0 saturated carbocycles. The summed E-state index contributed by atoms with van der Waals surface area (Å²) in [5.74, 6) is 0.182. The number of amides is 2. The molecule has 0 unspecified atom stereocenters. The highest BCUT2D eigenvalue weighted by Gasteiger charge is 2.23. The molecule has 5 nitrogen and oxygen atoms in total. The monoisotopic (exact) mass is 317 g/mol. The van der Waals surface area contributed by atoms with Crippen molar-refractivity contribution in [3.8, 4) is 0 Å². The van der Waals surface area contributed by atoms with Crippen molar-refractivity contribution in [2.75, 3.05) is 39.3 Å². The van der Waals surface area contributed by atoms with E-state index in [2.05, 4.69) is 10.2 Å². The van der Waals surface area contributed by atoms with Gasteiger partial charge in [-0.1, -0.05) is 39.0 Å². The minimum absolute atomic E-state index is 0.0791. The molecular weight excluding hydrogens is 290 g/mol. The number of nitrogens with one attached hydrogen (secondary N) is 1. The van der Waals surface area contributed by atoms with Gasteiger partial charge in [0.25, 0.3) is 5.91 Å². The van der Waals surface area contributed by atoms with Crippen molar-refractivity contribution >= 4 is 11.8 Å². The molecule has 1 aromatic rings. The number of benzene rings is 1. The average molecular weight is 317 g/mol. The second-order valence-corrected chi connectivity index (χ2v) is 7.01. The Morgan fingerprint density at radius 3 is 2.22 bits per heavy atom. The van der Waals surface area contributed by atoms with E-state index < -0.39 is 0 Å². The van der Waals surface area contributed by atoms with Crippen LogP contribution in [0.4, 0.5) is 0 Å². The Balaban J connectivity index is 1.72. The van der Waals surface area contributed by atoms with Crippen LogP contribution in [0.1, 0.15) is 31.1 Å². The molecule has 1 N–H and O–H groups in total. The second kappa shape index (κ2) is 7.59. The number of carbonyl (C=O) groups is 2. The van der Waals surface area contributed by atoms with Crippen LogP contribution in [0, 0.1) is 5.41 Å². The molecule has 1 heterocycles. The van der Waals surface area contributed by atoms with Crippen molar-refractivity contribution in [2.24, 2.45) is 5.41 Å². The third kappa shape index (κ3) is 5.06. The fourth-order valence-electron chi connectivity index (χ4n) is 2.53. The molecule has 5 heteroatoms. The molecule has 1 aliphatic heterocycles. The summed E-state index contributed by atoms with van der Waals surface area (Å²) < 4.78 is 0. The zero-order valence-electron chi connectivity index (χ0n) is 14.3. The Hall–Kier alpha value is -1.88. The Morgan fingerprint density at radius 2 is 1.65 bits per heavy atom. The number of hydrogen-bond donors (Lipinski definition) is 1. The zero-order valence-corrected chi connectivity index (χ0v) is 14.3. The van der Waals surface area contributed by atoms with E-state index in [1.54, 1.807) is 0 Å². The van der Waals surface area contributed by atoms with E-state index in [0.29, 0.717) is 6.54 Å². The summed E-state index contributed by atoms with van der Waals surface area (Å²) in [5, 5.41) is 2.97. The van der Waals surface area contributed by atoms with Crippen molar-refractivity contribution in [1.29, 1.82) is 0 Å². The van der Waals surface area contributed by atoms with Crippen LogP contribution in [0.25, 0.3) is 0 Å². The lowest BCUT2D eigenvalue weighted by molar-refractivity contribution is -0.128. The van der Waals surface area contributed by atoms with Gasteiger partial charge in [-0.05, 0) is 12.1 Å². The van der Waals surface area contributed by atoms with Crippen LogP contribution in [-0.2, 0) is 4.79 Å². The van der Waals surface area contributed by atoms with Crippen LogP contribution in [0.15, 0.2) is 30.3 Å². The summed E-state index contributed by atoms with van der Waals surface area (Å²) in [5.41, 5.74) is 0.402. The molecule has 1 saturated heterocycles. The molecule has 1 fully saturated rings. The molecule has 0 bridgehead atoms. The first-order valence-corrected chi connectivity index (χ1v) is 8.23. The minimum atomic E-state index is -0.346. The first-order valence-electron chi connectivity index (χ1n) is 8.23. The number of piperazine rings is 1. The van der Waals surface area contributed by atoms with Gasteiger partial charge in [0.05, 0.1) is 0 Å². The van der Waals surface area contributed by atoms with Gasteiger partial charge in [-0.3, -0.25) is 14.5 Å². The maximum atomic E-state index is 12.4.